The molecule has 124 valence electrons. The molecule has 0 aliphatic rings. The van der Waals surface area contributed by atoms with Crippen molar-refractivity contribution in [3.05, 3.63) is 68.6 Å². The number of carbonyl (C=O) groups is 1. The SMILES string of the molecule is Cc1ccc(C(C)NC(=O)Cn2[nH]c(=O)c3ccccc3c2=O)o1. The van der Waals surface area contributed by atoms with E-state index < -0.39 is 17.0 Å². The molecule has 0 bridgehead atoms. The molecular weight excluding hydrogens is 310 g/mol. The standard InChI is InChI=1S/C17H17N3O4/c1-10-7-8-14(24-10)11(2)18-15(21)9-20-17(23)13-6-4-3-5-12(13)16(22)19-20/h3-8,11H,9H2,1-2H3,(H,18,21)(H,19,22). The van der Waals surface area contributed by atoms with E-state index in [-0.39, 0.29) is 18.0 Å². The van der Waals surface area contributed by atoms with Gasteiger partial charge in [0.2, 0.25) is 5.91 Å². The maximum absolute atomic E-state index is 12.4. The average molecular weight is 327 g/mol. The summed E-state index contributed by atoms with van der Waals surface area (Å²) in [5.41, 5.74) is -0.824. The van der Waals surface area contributed by atoms with Crippen molar-refractivity contribution in [2.45, 2.75) is 26.4 Å². The lowest BCUT2D eigenvalue weighted by molar-refractivity contribution is -0.122. The lowest BCUT2D eigenvalue weighted by Crippen LogP contribution is -2.37. The molecule has 7 heteroatoms. The summed E-state index contributed by atoms with van der Waals surface area (Å²) in [5, 5.41) is 5.75. The molecule has 1 aromatic carbocycles. The fourth-order valence-electron chi connectivity index (χ4n) is 2.55. The minimum Gasteiger partial charge on any atom is -0.464 e. The summed E-state index contributed by atoms with van der Waals surface area (Å²) in [5.74, 6) is 0.978. The molecule has 3 aromatic rings. The molecule has 0 fully saturated rings. The molecule has 2 N–H and O–H groups in total. The van der Waals surface area contributed by atoms with Crippen molar-refractivity contribution >= 4 is 16.7 Å². The third-order valence-corrected chi connectivity index (χ3v) is 3.75. The highest BCUT2D eigenvalue weighted by atomic mass is 16.3. The van der Waals surface area contributed by atoms with Crippen LogP contribution in [0.4, 0.5) is 0 Å². The zero-order valence-electron chi connectivity index (χ0n) is 13.3. The Balaban J connectivity index is 1.82. The van der Waals surface area contributed by atoms with Gasteiger partial charge in [-0.25, -0.2) is 4.68 Å². The van der Waals surface area contributed by atoms with Crippen molar-refractivity contribution < 1.29 is 9.21 Å². The summed E-state index contributed by atoms with van der Waals surface area (Å²) in [6.45, 7) is 3.32. The Kier molecular flexibility index (Phi) is 4.07. The topological polar surface area (TPSA) is 97.1 Å². The van der Waals surface area contributed by atoms with Gasteiger partial charge in [0.25, 0.3) is 11.1 Å². The van der Waals surface area contributed by atoms with Crippen molar-refractivity contribution in [2.24, 2.45) is 0 Å². The summed E-state index contributed by atoms with van der Waals surface area (Å²) in [6.07, 6.45) is 0. The number of benzene rings is 1. The molecule has 0 spiro atoms. The van der Waals surface area contributed by atoms with E-state index in [1.807, 2.05) is 13.0 Å². The second-order valence-corrected chi connectivity index (χ2v) is 5.62. The van der Waals surface area contributed by atoms with Gasteiger partial charge in [-0.3, -0.25) is 19.5 Å². The van der Waals surface area contributed by atoms with Crippen LogP contribution >= 0.6 is 0 Å². The lowest BCUT2D eigenvalue weighted by atomic mass is 10.2. The van der Waals surface area contributed by atoms with Crippen LogP contribution in [0, 0.1) is 6.92 Å². The summed E-state index contributed by atoms with van der Waals surface area (Å²) in [7, 11) is 0. The van der Waals surface area contributed by atoms with Gasteiger partial charge in [0.05, 0.1) is 16.8 Å². The first kappa shape index (κ1) is 15.8. The molecule has 3 rings (SSSR count). The van der Waals surface area contributed by atoms with Crippen LogP contribution in [0.5, 0.6) is 0 Å². The first-order chi connectivity index (χ1) is 11.5. The smallest absolute Gasteiger partial charge is 0.273 e. The van der Waals surface area contributed by atoms with Gasteiger partial charge in [-0.2, -0.15) is 0 Å². The fourth-order valence-corrected chi connectivity index (χ4v) is 2.55. The maximum atomic E-state index is 12.4. The molecule has 1 unspecified atom stereocenters. The van der Waals surface area contributed by atoms with Crippen LogP contribution in [-0.2, 0) is 11.3 Å². The Morgan fingerprint density at radius 1 is 1.21 bits per heavy atom. The van der Waals surface area contributed by atoms with Crippen LogP contribution in [0.3, 0.4) is 0 Å². The van der Waals surface area contributed by atoms with E-state index in [1.54, 1.807) is 37.3 Å². The molecule has 24 heavy (non-hydrogen) atoms. The number of aryl methyl sites for hydroxylation is 1. The first-order valence-corrected chi connectivity index (χ1v) is 7.53. The molecule has 0 radical (unpaired) electrons. The van der Waals surface area contributed by atoms with Gasteiger partial charge in [-0.1, -0.05) is 12.1 Å². The number of hydrogen-bond acceptors (Lipinski definition) is 4. The van der Waals surface area contributed by atoms with E-state index in [2.05, 4.69) is 10.4 Å². The first-order valence-electron chi connectivity index (χ1n) is 7.53. The van der Waals surface area contributed by atoms with Crippen molar-refractivity contribution in [3.63, 3.8) is 0 Å². The van der Waals surface area contributed by atoms with Crippen molar-refractivity contribution in [1.29, 1.82) is 0 Å². The van der Waals surface area contributed by atoms with Gasteiger partial charge >= 0.3 is 0 Å². The monoisotopic (exact) mass is 327 g/mol. The molecule has 0 aliphatic heterocycles. The van der Waals surface area contributed by atoms with Crippen LogP contribution in [0.25, 0.3) is 10.8 Å². The third-order valence-electron chi connectivity index (χ3n) is 3.75. The molecule has 0 saturated carbocycles. The second-order valence-electron chi connectivity index (χ2n) is 5.62. The van der Waals surface area contributed by atoms with Gasteiger partial charge in [0, 0.05) is 0 Å². The molecule has 0 aliphatic carbocycles. The zero-order valence-corrected chi connectivity index (χ0v) is 13.3. The number of hydrogen-bond donors (Lipinski definition) is 2. The number of H-pyrrole nitrogens is 1. The predicted molar refractivity (Wildman–Crippen MR) is 88.8 cm³/mol. The van der Waals surface area contributed by atoms with E-state index in [0.717, 1.165) is 10.4 Å². The van der Waals surface area contributed by atoms with E-state index in [1.165, 1.54) is 0 Å². The Morgan fingerprint density at radius 2 is 1.92 bits per heavy atom. The largest absolute Gasteiger partial charge is 0.464 e. The summed E-state index contributed by atoms with van der Waals surface area (Å²) < 4.78 is 6.47. The Bertz CT molecular complexity index is 1010. The highest BCUT2D eigenvalue weighted by Gasteiger charge is 2.15. The van der Waals surface area contributed by atoms with E-state index >= 15 is 0 Å². The summed E-state index contributed by atoms with van der Waals surface area (Å²) in [6, 6.07) is 9.75. The van der Waals surface area contributed by atoms with Gasteiger partial charge in [0.15, 0.2) is 0 Å². The Hall–Kier alpha value is -3.09. The molecule has 0 saturated heterocycles. The van der Waals surface area contributed by atoms with Crippen molar-refractivity contribution in [3.8, 4) is 0 Å². The summed E-state index contributed by atoms with van der Waals surface area (Å²) >= 11 is 0. The number of amides is 1. The molecular formula is C17H17N3O4. The van der Waals surface area contributed by atoms with Gasteiger partial charge in [-0.15, -0.1) is 0 Å². The number of aromatic amines is 1. The van der Waals surface area contributed by atoms with Gasteiger partial charge in [0.1, 0.15) is 18.1 Å². The highest BCUT2D eigenvalue weighted by Crippen LogP contribution is 2.15. The minimum absolute atomic E-state index is 0.275. The van der Waals surface area contributed by atoms with Crippen LogP contribution in [-0.4, -0.2) is 15.7 Å². The number of nitrogens with zero attached hydrogens (tertiary/aromatic N) is 1. The lowest BCUT2D eigenvalue weighted by Gasteiger charge is -2.12. The van der Waals surface area contributed by atoms with Crippen molar-refractivity contribution in [1.82, 2.24) is 15.1 Å². The summed E-state index contributed by atoms with van der Waals surface area (Å²) in [4.78, 5) is 36.6. The van der Waals surface area contributed by atoms with E-state index in [9.17, 15) is 14.4 Å². The zero-order chi connectivity index (χ0) is 17.3. The highest BCUT2D eigenvalue weighted by molar-refractivity contribution is 5.81. The van der Waals surface area contributed by atoms with Crippen LogP contribution in [0.1, 0.15) is 24.5 Å². The Morgan fingerprint density at radius 3 is 2.58 bits per heavy atom. The van der Waals surface area contributed by atoms with Gasteiger partial charge < -0.3 is 9.73 Å². The minimum atomic E-state index is -0.415. The van der Waals surface area contributed by atoms with E-state index in [4.69, 9.17) is 4.42 Å². The molecule has 1 atom stereocenters. The van der Waals surface area contributed by atoms with Crippen LogP contribution in [0.15, 0.2) is 50.4 Å². The second kappa shape index (κ2) is 6.19. The van der Waals surface area contributed by atoms with Crippen LogP contribution < -0.4 is 16.4 Å². The number of furan rings is 1. The molecule has 1 amide bonds. The fraction of sp³-hybridized carbons (Fsp3) is 0.235. The van der Waals surface area contributed by atoms with Crippen molar-refractivity contribution in [2.75, 3.05) is 0 Å². The molecule has 2 heterocycles. The Labute approximate surface area is 136 Å². The number of rotatable bonds is 4. The van der Waals surface area contributed by atoms with Gasteiger partial charge in [-0.05, 0) is 38.1 Å². The maximum Gasteiger partial charge on any atom is 0.273 e. The number of fused-ring (bicyclic) bond motifs is 1. The third kappa shape index (κ3) is 3.01. The normalized spacial score (nSPS) is 12.2. The average Bonchev–Trinajstić information content (AvgIpc) is 2.99. The van der Waals surface area contributed by atoms with Crippen LogP contribution in [0.2, 0.25) is 0 Å². The number of aromatic nitrogens is 2. The molecule has 7 nitrogen and oxygen atoms in total. The number of nitrogens with one attached hydrogen (secondary N) is 2. The quantitative estimate of drug-likeness (QED) is 0.758. The molecule has 2 aromatic heterocycles. The predicted octanol–water partition coefficient (Wildman–Crippen LogP) is 1.47. The van der Waals surface area contributed by atoms with E-state index in [0.29, 0.717) is 11.1 Å². The number of carbonyl (C=O) groups excluding carboxylic acids is 1.